The van der Waals surface area contributed by atoms with Crippen LogP contribution < -0.4 is 10.2 Å². The van der Waals surface area contributed by atoms with Gasteiger partial charge in [-0.05, 0) is 40.2 Å². The van der Waals surface area contributed by atoms with Crippen LogP contribution in [0.3, 0.4) is 0 Å². The number of carbonyl (C=O) groups excluding carboxylic acids is 1. The summed E-state index contributed by atoms with van der Waals surface area (Å²) in [6.45, 7) is 11.1. The summed E-state index contributed by atoms with van der Waals surface area (Å²) >= 11 is 0. The molecule has 6 heteroatoms. The fourth-order valence-corrected chi connectivity index (χ4v) is 3.25. The number of hydrogen-bond donors (Lipinski definition) is 1. The van der Waals surface area contributed by atoms with Gasteiger partial charge in [0.15, 0.2) is 0 Å². The van der Waals surface area contributed by atoms with Crippen LogP contribution in [0.15, 0.2) is 12.3 Å². The number of piperazine rings is 1. The third-order valence-electron chi connectivity index (χ3n) is 4.29. The highest BCUT2D eigenvalue weighted by atomic mass is 16.6. The lowest BCUT2D eigenvalue weighted by molar-refractivity contribution is 0.0159. The molecule has 0 bridgehead atoms. The Kier molecular flexibility index (Phi) is 4.08. The van der Waals surface area contributed by atoms with E-state index >= 15 is 0 Å². The van der Waals surface area contributed by atoms with Crippen LogP contribution in [0.2, 0.25) is 0 Å². The second kappa shape index (κ2) is 5.91. The van der Waals surface area contributed by atoms with E-state index in [0.29, 0.717) is 6.54 Å². The average molecular weight is 318 g/mol. The van der Waals surface area contributed by atoms with Crippen molar-refractivity contribution in [3.8, 4) is 0 Å². The molecule has 1 saturated heterocycles. The minimum atomic E-state index is -0.453. The molecule has 0 radical (unpaired) electrons. The fraction of sp³-hybridized carbons (Fsp3) is 0.647. The largest absolute Gasteiger partial charge is 0.444 e. The van der Waals surface area contributed by atoms with Crippen molar-refractivity contribution in [2.24, 2.45) is 0 Å². The summed E-state index contributed by atoms with van der Waals surface area (Å²) in [6, 6.07) is 2.21. The summed E-state index contributed by atoms with van der Waals surface area (Å²) in [5, 5.41) is 3.32. The van der Waals surface area contributed by atoms with Crippen LogP contribution in [0, 0.1) is 0 Å². The zero-order valence-corrected chi connectivity index (χ0v) is 14.4. The van der Waals surface area contributed by atoms with E-state index in [0.717, 1.165) is 31.9 Å². The SMILES string of the molecule is C[C@H]1CN(c2ccnc3c2CCN3)CCN1C(=O)OC(C)(C)C. The maximum Gasteiger partial charge on any atom is 0.410 e. The van der Waals surface area contributed by atoms with Crippen LogP contribution in [0.5, 0.6) is 0 Å². The maximum atomic E-state index is 12.3. The first-order valence-electron chi connectivity index (χ1n) is 8.31. The van der Waals surface area contributed by atoms with Crippen molar-refractivity contribution in [1.29, 1.82) is 0 Å². The molecule has 0 aromatic carbocycles. The number of fused-ring (bicyclic) bond motifs is 1. The molecule has 1 amide bonds. The van der Waals surface area contributed by atoms with Crippen molar-refractivity contribution >= 4 is 17.6 Å². The van der Waals surface area contributed by atoms with E-state index in [2.05, 4.69) is 28.2 Å². The summed E-state index contributed by atoms with van der Waals surface area (Å²) in [6.07, 6.45) is 2.66. The van der Waals surface area contributed by atoms with Crippen molar-refractivity contribution in [2.45, 2.75) is 45.8 Å². The molecule has 1 fully saturated rings. The number of amides is 1. The summed E-state index contributed by atoms with van der Waals surface area (Å²) in [7, 11) is 0. The Balaban J connectivity index is 1.70. The van der Waals surface area contributed by atoms with E-state index < -0.39 is 5.60 Å². The van der Waals surface area contributed by atoms with Crippen LogP contribution in [0.4, 0.5) is 16.3 Å². The van der Waals surface area contributed by atoms with Crippen LogP contribution >= 0.6 is 0 Å². The molecule has 0 aliphatic carbocycles. The molecule has 1 aromatic rings. The van der Waals surface area contributed by atoms with Gasteiger partial charge in [-0.25, -0.2) is 9.78 Å². The number of anilines is 2. The molecule has 2 aliphatic heterocycles. The van der Waals surface area contributed by atoms with Gasteiger partial charge in [-0.2, -0.15) is 0 Å². The van der Waals surface area contributed by atoms with Gasteiger partial charge in [-0.3, -0.25) is 0 Å². The maximum absolute atomic E-state index is 12.3. The zero-order chi connectivity index (χ0) is 16.6. The van der Waals surface area contributed by atoms with E-state index in [1.165, 1.54) is 11.3 Å². The monoisotopic (exact) mass is 318 g/mol. The molecule has 1 atom stereocenters. The van der Waals surface area contributed by atoms with Crippen molar-refractivity contribution in [3.63, 3.8) is 0 Å². The van der Waals surface area contributed by atoms with E-state index in [1.807, 2.05) is 31.9 Å². The molecule has 6 nitrogen and oxygen atoms in total. The van der Waals surface area contributed by atoms with Crippen LogP contribution in [0.1, 0.15) is 33.3 Å². The predicted octanol–water partition coefficient (Wildman–Crippen LogP) is 2.50. The van der Waals surface area contributed by atoms with Gasteiger partial charge in [0.1, 0.15) is 11.4 Å². The normalized spacial score (nSPS) is 21.0. The molecule has 23 heavy (non-hydrogen) atoms. The average Bonchev–Trinajstić information content (AvgIpc) is 2.93. The van der Waals surface area contributed by atoms with Crippen molar-refractivity contribution in [3.05, 3.63) is 17.8 Å². The van der Waals surface area contributed by atoms with Gasteiger partial charge in [-0.1, -0.05) is 0 Å². The van der Waals surface area contributed by atoms with E-state index in [1.54, 1.807) is 0 Å². The first-order chi connectivity index (χ1) is 10.8. The number of aromatic nitrogens is 1. The molecule has 3 rings (SSSR count). The number of ether oxygens (including phenoxy) is 1. The Morgan fingerprint density at radius 2 is 2.17 bits per heavy atom. The van der Waals surface area contributed by atoms with Gasteiger partial charge >= 0.3 is 6.09 Å². The molecule has 0 spiro atoms. The molecular formula is C17H26N4O2. The second-order valence-corrected chi connectivity index (χ2v) is 7.30. The first kappa shape index (κ1) is 15.9. The Bertz CT molecular complexity index is 597. The smallest absolute Gasteiger partial charge is 0.410 e. The number of rotatable bonds is 1. The number of carbonyl (C=O) groups is 1. The lowest BCUT2D eigenvalue weighted by atomic mass is 10.1. The standard InChI is InChI=1S/C17H26N4O2/c1-12-11-20(9-10-21(12)16(22)23-17(2,3)4)14-6-8-19-15-13(14)5-7-18-15/h6,8,12H,5,7,9-11H2,1-4H3,(H,18,19)/t12-/m0/s1. The Morgan fingerprint density at radius 1 is 1.39 bits per heavy atom. The van der Waals surface area contributed by atoms with E-state index in [-0.39, 0.29) is 12.1 Å². The molecule has 1 N–H and O–H groups in total. The fourth-order valence-electron chi connectivity index (χ4n) is 3.25. The quantitative estimate of drug-likeness (QED) is 0.862. The van der Waals surface area contributed by atoms with Gasteiger partial charge in [0.05, 0.1) is 0 Å². The molecule has 1 aromatic heterocycles. The van der Waals surface area contributed by atoms with Crippen molar-refractivity contribution < 1.29 is 9.53 Å². The van der Waals surface area contributed by atoms with Gasteiger partial charge in [-0.15, -0.1) is 0 Å². The highest BCUT2D eigenvalue weighted by Gasteiger charge is 2.32. The summed E-state index contributed by atoms with van der Waals surface area (Å²) < 4.78 is 5.51. The zero-order valence-electron chi connectivity index (χ0n) is 14.4. The first-order valence-corrected chi connectivity index (χ1v) is 8.31. The number of hydrogen-bond acceptors (Lipinski definition) is 5. The Labute approximate surface area is 137 Å². The summed E-state index contributed by atoms with van der Waals surface area (Å²) in [5.74, 6) is 1.00. The second-order valence-electron chi connectivity index (χ2n) is 7.30. The predicted molar refractivity (Wildman–Crippen MR) is 91.0 cm³/mol. The third-order valence-corrected chi connectivity index (χ3v) is 4.29. The van der Waals surface area contributed by atoms with Crippen LogP contribution in [-0.2, 0) is 11.2 Å². The van der Waals surface area contributed by atoms with Crippen molar-refractivity contribution in [1.82, 2.24) is 9.88 Å². The number of nitrogens with zero attached hydrogens (tertiary/aromatic N) is 3. The topological polar surface area (TPSA) is 57.7 Å². The van der Waals surface area contributed by atoms with Gasteiger partial charge in [0, 0.05) is 49.7 Å². The minimum Gasteiger partial charge on any atom is -0.444 e. The summed E-state index contributed by atoms with van der Waals surface area (Å²) in [5.41, 5.74) is 2.09. The highest BCUT2D eigenvalue weighted by Crippen LogP contribution is 2.31. The third kappa shape index (κ3) is 3.35. The van der Waals surface area contributed by atoms with Crippen molar-refractivity contribution in [2.75, 3.05) is 36.4 Å². The Morgan fingerprint density at radius 3 is 2.87 bits per heavy atom. The molecular weight excluding hydrogens is 292 g/mol. The molecule has 2 aliphatic rings. The highest BCUT2D eigenvalue weighted by molar-refractivity contribution is 5.70. The lowest BCUT2D eigenvalue weighted by Crippen LogP contribution is -2.55. The lowest BCUT2D eigenvalue weighted by Gasteiger charge is -2.41. The van der Waals surface area contributed by atoms with E-state index in [4.69, 9.17) is 4.74 Å². The van der Waals surface area contributed by atoms with Gasteiger partial charge in [0.25, 0.3) is 0 Å². The van der Waals surface area contributed by atoms with Crippen LogP contribution in [0.25, 0.3) is 0 Å². The Hall–Kier alpha value is -1.98. The molecule has 0 saturated carbocycles. The minimum absolute atomic E-state index is 0.122. The summed E-state index contributed by atoms with van der Waals surface area (Å²) in [4.78, 5) is 20.9. The molecule has 3 heterocycles. The number of nitrogens with one attached hydrogen (secondary N) is 1. The van der Waals surface area contributed by atoms with Gasteiger partial charge < -0.3 is 19.9 Å². The molecule has 126 valence electrons. The number of pyridine rings is 1. The molecule has 0 unspecified atom stereocenters. The van der Waals surface area contributed by atoms with Crippen LogP contribution in [-0.4, -0.2) is 53.8 Å². The van der Waals surface area contributed by atoms with Gasteiger partial charge in [0.2, 0.25) is 0 Å². The van der Waals surface area contributed by atoms with E-state index in [9.17, 15) is 4.79 Å².